The third-order valence-electron chi connectivity index (χ3n) is 3.66. The predicted molar refractivity (Wildman–Crippen MR) is 82.8 cm³/mol. The molecule has 0 spiro atoms. The van der Waals surface area contributed by atoms with E-state index >= 15 is 0 Å². The number of pyridine rings is 2. The molecule has 1 saturated heterocycles. The Labute approximate surface area is 144 Å². The molecule has 0 atom stereocenters. The summed E-state index contributed by atoms with van der Waals surface area (Å²) in [5, 5.41) is 0.726. The Morgan fingerprint density at radius 3 is 1.96 bits per heavy atom. The maximum Gasteiger partial charge on any atom is 0.253 e. The number of anilines is 2. The molecule has 10 heteroatoms. The maximum absolute atomic E-state index is 13.8. The number of aromatic nitrogens is 2. The topological polar surface area (TPSA) is 32.3 Å². The van der Waals surface area contributed by atoms with Crippen LogP contribution in [0.4, 0.5) is 29.1 Å². The van der Waals surface area contributed by atoms with E-state index in [2.05, 4.69) is 9.97 Å². The number of halogens is 6. The zero-order chi connectivity index (χ0) is 17.4. The second-order valence-corrected chi connectivity index (χ2v) is 5.95. The lowest BCUT2D eigenvalue weighted by Crippen LogP contribution is -2.47. The fourth-order valence-corrected chi connectivity index (χ4v) is 3.04. The average molecular weight is 381 g/mol. The second kappa shape index (κ2) is 6.60. The van der Waals surface area contributed by atoms with Crippen molar-refractivity contribution in [2.75, 3.05) is 36.0 Å². The summed E-state index contributed by atoms with van der Waals surface area (Å²) >= 11 is 11.9. The van der Waals surface area contributed by atoms with Gasteiger partial charge in [0, 0.05) is 32.4 Å². The van der Waals surface area contributed by atoms with E-state index < -0.39 is 29.2 Å². The zero-order valence-electron chi connectivity index (χ0n) is 12.0. The average Bonchev–Trinajstić information content (AvgIpc) is 2.54. The Morgan fingerprint density at radius 2 is 1.42 bits per heavy atom. The number of rotatable bonds is 2. The van der Waals surface area contributed by atoms with Gasteiger partial charge in [-0.15, -0.1) is 0 Å². The molecule has 4 nitrogen and oxygen atoms in total. The van der Waals surface area contributed by atoms with Crippen molar-refractivity contribution in [3.8, 4) is 0 Å². The van der Waals surface area contributed by atoms with Crippen LogP contribution < -0.4 is 9.80 Å². The molecule has 0 saturated carbocycles. The lowest BCUT2D eigenvalue weighted by molar-refractivity contribution is 0.404. The van der Waals surface area contributed by atoms with E-state index in [1.54, 1.807) is 4.90 Å². The van der Waals surface area contributed by atoms with Gasteiger partial charge < -0.3 is 9.80 Å². The monoisotopic (exact) mass is 380 g/mol. The van der Waals surface area contributed by atoms with Gasteiger partial charge in [-0.3, -0.25) is 0 Å². The van der Waals surface area contributed by atoms with Gasteiger partial charge in [-0.1, -0.05) is 23.2 Å². The third-order valence-corrected chi connectivity index (χ3v) is 4.14. The zero-order valence-corrected chi connectivity index (χ0v) is 13.6. The van der Waals surface area contributed by atoms with Gasteiger partial charge >= 0.3 is 0 Å². The van der Waals surface area contributed by atoms with Gasteiger partial charge in [-0.25, -0.2) is 4.98 Å². The van der Waals surface area contributed by atoms with Crippen molar-refractivity contribution in [3.63, 3.8) is 0 Å². The van der Waals surface area contributed by atoms with E-state index in [9.17, 15) is 17.6 Å². The van der Waals surface area contributed by atoms with Crippen LogP contribution >= 0.6 is 23.2 Å². The second-order valence-electron chi connectivity index (χ2n) is 5.10. The molecule has 2 aromatic rings. The van der Waals surface area contributed by atoms with Gasteiger partial charge in [0.05, 0.1) is 10.0 Å². The van der Waals surface area contributed by atoms with Crippen LogP contribution in [0, 0.1) is 23.5 Å². The van der Waals surface area contributed by atoms with Crippen LogP contribution in [0.3, 0.4) is 0 Å². The molecule has 0 amide bonds. The fourth-order valence-electron chi connectivity index (χ4n) is 2.54. The summed E-state index contributed by atoms with van der Waals surface area (Å²) in [4.78, 5) is 9.69. The highest BCUT2D eigenvalue weighted by molar-refractivity contribution is 6.36. The molecule has 0 unspecified atom stereocenters. The lowest BCUT2D eigenvalue weighted by Gasteiger charge is -2.37. The van der Waals surface area contributed by atoms with Gasteiger partial charge in [0.1, 0.15) is 11.5 Å². The third kappa shape index (κ3) is 3.08. The van der Waals surface area contributed by atoms with E-state index in [1.165, 1.54) is 17.2 Å². The van der Waals surface area contributed by atoms with Gasteiger partial charge in [-0.05, 0) is 6.07 Å². The van der Waals surface area contributed by atoms with Gasteiger partial charge in [0.15, 0.2) is 0 Å². The molecule has 0 aliphatic carbocycles. The Bertz CT molecular complexity index is 756. The van der Waals surface area contributed by atoms with Crippen molar-refractivity contribution >= 4 is 34.7 Å². The van der Waals surface area contributed by atoms with Crippen LogP contribution in [-0.4, -0.2) is 36.1 Å². The van der Waals surface area contributed by atoms with E-state index in [1.807, 2.05) is 0 Å². The Balaban J connectivity index is 1.81. The first kappa shape index (κ1) is 17.0. The van der Waals surface area contributed by atoms with E-state index in [4.69, 9.17) is 23.2 Å². The smallest absolute Gasteiger partial charge is 0.253 e. The quantitative estimate of drug-likeness (QED) is 0.587. The first-order valence-corrected chi connectivity index (χ1v) is 7.65. The van der Waals surface area contributed by atoms with Crippen LogP contribution in [0.25, 0.3) is 0 Å². The summed E-state index contributed by atoms with van der Waals surface area (Å²) in [7, 11) is 0. The van der Waals surface area contributed by atoms with Crippen molar-refractivity contribution in [2.45, 2.75) is 0 Å². The summed E-state index contributed by atoms with van der Waals surface area (Å²) in [5.41, 5.74) is -0.755. The molecule has 3 rings (SSSR count). The minimum Gasteiger partial charge on any atom is -0.363 e. The fraction of sp³-hybridized carbons (Fsp3) is 0.286. The molecule has 2 aromatic heterocycles. The number of piperazine rings is 1. The summed E-state index contributed by atoms with van der Waals surface area (Å²) in [5.74, 6) is -5.88. The number of hydrogen-bond acceptors (Lipinski definition) is 4. The van der Waals surface area contributed by atoms with E-state index in [0.717, 1.165) is 0 Å². The SMILES string of the molecule is Fc1nc(F)c(F)c(N2CCN(c3ncc(Cl)cc3Cl)CC2)c1F. The molecule has 0 radical (unpaired) electrons. The van der Waals surface area contributed by atoms with Crippen LogP contribution in [0.1, 0.15) is 0 Å². The summed E-state index contributed by atoms with van der Waals surface area (Å²) in [6.07, 6.45) is 1.43. The highest BCUT2D eigenvalue weighted by Crippen LogP contribution is 2.30. The molecule has 3 heterocycles. The summed E-state index contributed by atoms with van der Waals surface area (Å²) in [6, 6.07) is 1.53. The largest absolute Gasteiger partial charge is 0.363 e. The van der Waals surface area contributed by atoms with Crippen LogP contribution in [0.5, 0.6) is 0 Å². The molecule has 0 N–H and O–H groups in total. The summed E-state index contributed by atoms with van der Waals surface area (Å²) < 4.78 is 54.1. The van der Waals surface area contributed by atoms with E-state index in [0.29, 0.717) is 29.0 Å². The van der Waals surface area contributed by atoms with Crippen molar-refractivity contribution in [3.05, 3.63) is 45.8 Å². The van der Waals surface area contributed by atoms with Crippen molar-refractivity contribution in [1.82, 2.24) is 9.97 Å². The molecule has 0 aromatic carbocycles. The van der Waals surface area contributed by atoms with Gasteiger partial charge in [0.2, 0.25) is 11.6 Å². The van der Waals surface area contributed by atoms with Gasteiger partial charge in [-0.2, -0.15) is 22.5 Å². The predicted octanol–water partition coefficient (Wildman–Crippen LogP) is 3.67. The first-order valence-electron chi connectivity index (χ1n) is 6.89. The Morgan fingerprint density at radius 1 is 0.875 bits per heavy atom. The Kier molecular flexibility index (Phi) is 4.69. The summed E-state index contributed by atoms with van der Waals surface area (Å²) in [6.45, 7) is 0.853. The molecular formula is C14H10Cl2F4N4. The molecule has 0 bridgehead atoms. The molecule has 128 valence electrons. The maximum atomic E-state index is 13.8. The minimum atomic E-state index is -1.67. The minimum absolute atomic E-state index is 0.122. The standard InChI is InChI=1S/C14H10Cl2F4N4/c15-7-5-8(16)14(21-6-7)24-3-1-23(2-4-24)11-9(17)12(19)22-13(20)10(11)18/h5-6H,1-4H2. The molecule has 1 aliphatic rings. The van der Waals surface area contributed by atoms with E-state index in [-0.39, 0.29) is 13.1 Å². The number of hydrogen-bond donors (Lipinski definition) is 0. The normalized spacial score (nSPS) is 15.1. The van der Waals surface area contributed by atoms with Crippen LogP contribution in [0.15, 0.2) is 12.3 Å². The number of nitrogens with zero attached hydrogens (tertiary/aromatic N) is 4. The van der Waals surface area contributed by atoms with Crippen molar-refractivity contribution < 1.29 is 17.6 Å². The van der Waals surface area contributed by atoms with Crippen molar-refractivity contribution in [1.29, 1.82) is 0 Å². The lowest BCUT2D eigenvalue weighted by atomic mass is 10.2. The van der Waals surface area contributed by atoms with Crippen LogP contribution in [0.2, 0.25) is 10.0 Å². The van der Waals surface area contributed by atoms with Gasteiger partial charge in [0.25, 0.3) is 11.9 Å². The molecule has 1 aliphatic heterocycles. The Hall–Kier alpha value is -1.80. The highest BCUT2D eigenvalue weighted by atomic mass is 35.5. The first-order chi connectivity index (χ1) is 11.4. The molecule has 24 heavy (non-hydrogen) atoms. The molecular weight excluding hydrogens is 371 g/mol. The molecule has 1 fully saturated rings. The van der Waals surface area contributed by atoms with Crippen LogP contribution in [-0.2, 0) is 0 Å². The van der Waals surface area contributed by atoms with Crippen molar-refractivity contribution in [2.24, 2.45) is 0 Å². The highest BCUT2D eigenvalue weighted by Gasteiger charge is 2.28.